The smallest absolute Gasteiger partial charge is 0.0502 e. The van der Waals surface area contributed by atoms with Crippen LogP contribution in [0.15, 0.2) is 29.6 Å². The van der Waals surface area contributed by atoms with Crippen LogP contribution in [-0.2, 0) is 0 Å². The van der Waals surface area contributed by atoms with Crippen molar-refractivity contribution in [1.82, 2.24) is 5.32 Å². The average Bonchev–Trinajstić information content (AvgIpc) is 2.78. The number of benzene rings is 1. The van der Waals surface area contributed by atoms with E-state index >= 15 is 0 Å². The van der Waals surface area contributed by atoms with Crippen LogP contribution in [0.4, 0.5) is 0 Å². The van der Waals surface area contributed by atoms with E-state index in [2.05, 4.69) is 29.6 Å². The SMILES string of the molecule is c1cc(C2CCCC[N]2)c2ccsc2c1. The van der Waals surface area contributed by atoms with Crippen molar-refractivity contribution < 1.29 is 0 Å². The van der Waals surface area contributed by atoms with E-state index in [0.29, 0.717) is 6.04 Å². The molecule has 3 rings (SSSR count). The number of fused-ring (bicyclic) bond motifs is 1. The summed E-state index contributed by atoms with van der Waals surface area (Å²) in [6.07, 6.45) is 3.83. The lowest BCUT2D eigenvalue weighted by Gasteiger charge is -2.22. The van der Waals surface area contributed by atoms with Gasteiger partial charge in [-0.1, -0.05) is 18.6 Å². The first-order valence-electron chi connectivity index (χ1n) is 5.58. The number of thiophene rings is 1. The average molecular weight is 216 g/mol. The van der Waals surface area contributed by atoms with E-state index in [1.54, 1.807) is 0 Å². The molecular weight excluding hydrogens is 202 g/mol. The molecule has 1 nitrogen and oxygen atoms in total. The fourth-order valence-electron chi connectivity index (χ4n) is 2.35. The van der Waals surface area contributed by atoms with Gasteiger partial charge >= 0.3 is 0 Å². The van der Waals surface area contributed by atoms with Crippen molar-refractivity contribution in [2.75, 3.05) is 6.54 Å². The third-order valence-electron chi connectivity index (χ3n) is 3.12. The van der Waals surface area contributed by atoms with Gasteiger partial charge in [0, 0.05) is 11.2 Å². The Labute approximate surface area is 94.1 Å². The standard InChI is InChI=1S/C13H14NS/c1-2-8-14-12(5-1)10-4-3-6-13-11(10)7-9-15-13/h3-4,6-7,9,12H,1-2,5,8H2. The Kier molecular flexibility index (Phi) is 2.47. The molecule has 1 aromatic heterocycles. The first kappa shape index (κ1) is 9.37. The van der Waals surface area contributed by atoms with Crippen molar-refractivity contribution in [3.8, 4) is 0 Å². The van der Waals surface area contributed by atoms with Crippen molar-refractivity contribution in [3.63, 3.8) is 0 Å². The van der Waals surface area contributed by atoms with Gasteiger partial charge in [0.1, 0.15) is 0 Å². The van der Waals surface area contributed by atoms with Crippen molar-refractivity contribution in [1.29, 1.82) is 0 Å². The molecule has 0 aliphatic carbocycles. The second-order valence-electron chi connectivity index (χ2n) is 4.10. The first-order valence-corrected chi connectivity index (χ1v) is 6.46. The summed E-state index contributed by atoms with van der Waals surface area (Å²) in [6.45, 7) is 1.05. The highest BCUT2D eigenvalue weighted by molar-refractivity contribution is 7.17. The quantitative estimate of drug-likeness (QED) is 0.689. The molecule has 1 radical (unpaired) electrons. The summed E-state index contributed by atoms with van der Waals surface area (Å²) in [4.78, 5) is 0. The molecule has 1 saturated heterocycles. The lowest BCUT2D eigenvalue weighted by molar-refractivity contribution is 0.405. The van der Waals surface area contributed by atoms with Gasteiger partial charge in [-0.2, -0.15) is 0 Å². The Balaban J connectivity index is 2.05. The van der Waals surface area contributed by atoms with E-state index in [-0.39, 0.29) is 0 Å². The van der Waals surface area contributed by atoms with Gasteiger partial charge in [-0.05, 0) is 41.3 Å². The van der Waals surface area contributed by atoms with Crippen LogP contribution in [0.25, 0.3) is 10.1 Å². The molecule has 2 heteroatoms. The van der Waals surface area contributed by atoms with Crippen LogP contribution in [0.5, 0.6) is 0 Å². The van der Waals surface area contributed by atoms with E-state index in [1.165, 1.54) is 34.9 Å². The van der Waals surface area contributed by atoms with Gasteiger partial charge in [0.05, 0.1) is 6.04 Å². The van der Waals surface area contributed by atoms with Gasteiger partial charge in [-0.25, -0.2) is 5.32 Å². The molecule has 1 atom stereocenters. The Morgan fingerprint density at radius 2 is 2.20 bits per heavy atom. The van der Waals surface area contributed by atoms with Crippen molar-refractivity contribution >= 4 is 21.4 Å². The van der Waals surface area contributed by atoms with Crippen LogP contribution in [-0.4, -0.2) is 6.54 Å². The summed E-state index contributed by atoms with van der Waals surface area (Å²) >= 11 is 1.82. The molecule has 77 valence electrons. The molecule has 2 heterocycles. The van der Waals surface area contributed by atoms with Crippen LogP contribution in [0.1, 0.15) is 30.9 Å². The monoisotopic (exact) mass is 216 g/mol. The summed E-state index contributed by atoms with van der Waals surface area (Å²) < 4.78 is 1.40. The lowest BCUT2D eigenvalue weighted by atomic mass is 9.95. The van der Waals surface area contributed by atoms with Crippen molar-refractivity contribution in [2.45, 2.75) is 25.3 Å². The summed E-state index contributed by atoms with van der Waals surface area (Å²) in [6, 6.07) is 9.30. The molecule has 0 bridgehead atoms. The highest BCUT2D eigenvalue weighted by Crippen LogP contribution is 2.32. The third-order valence-corrected chi connectivity index (χ3v) is 4.01. The molecule has 1 fully saturated rings. The third kappa shape index (κ3) is 1.68. The number of hydrogen-bond donors (Lipinski definition) is 0. The van der Waals surface area contributed by atoms with Crippen LogP contribution >= 0.6 is 11.3 Å². The number of nitrogens with zero attached hydrogens (tertiary/aromatic N) is 1. The molecule has 0 amide bonds. The highest BCUT2D eigenvalue weighted by Gasteiger charge is 2.17. The van der Waals surface area contributed by atoms with E-state index in [9.17, 15) is 0 Å². The number of piperidine rings is 1. The van der Waals surface area contributed by atoms with Crippen molar-refractivity contribution in [2.24, 2.45) is 0 Å². The Bertz CT molecular complexity index is 454. The predicted octanol–water partition coefficient (Wildman–Crippen LogP) is 3.73. The van der Waals surface area contributed by atoms with Crippen molar-refractivity contribution in [3.05, 3.63) is 35.2 Å². The van der Waals surface area contributed by atoms with Gasteiger partial charge < -0.3 is 0 Å². The van der Waals surface area contributed by atoms with E-state index in [1.807, 2.05) is 11.3 Å². The van der Waals surface area contributed by atoms with Crippen LogP contribution in [0, 0.1) is 0 Å². The largest absolute Gasteiger partial charge is 0.234 e. The minimum atomic E-state index is 0.456. The zero-order valence-electron chi connectivity index (χ0n) is 8.65. The van der Waals surface area contributed by atoms with E-state index in [4.69, 9.17) is 5.32 Å². The maximum absolute atomic E-state index is 4.73. The normalized spacial score (nSPS) is 22.0. The first-order chi connectivity index (χ1) is 7.45. The molecule has 0 N–H and O–H groups in total. The van der Waals surface area contributed by atoms with Crippen LogP contribution in [0.2, 0.25) is 0 Å². The van der Waals surface area contributed by atoms with Gasteiger partial charge in [0.25, 0.3) is 0 Å². The molecule has 15 heavy (non-hydrogen) atoms. The molecule has 1 aliphatic heterocycles. The Hall–Kier alpha value is -0.860. The predicted molar refractivity (Wildman–Crippen MR) is 65.4 cm³/mol. The zero-order valence-corrected chi connectivity index (χ0v) is 9.46. The number of hydrogen-bond acceptors (Lipinski definition) is 1. The van der Waals surface area contributed by atoms with Crippen LogP contribution in [0.3, 0.4) is 0 Å². The van der Waals surface area contributed by atoms with Gasteiger partial charge in [-0.15, -0.1) is 11.3 Å². The Morgan fingerprint density at radius 1 is 1.20 bits per heavy atom. The second kappa shape index (κ2) is 3.95. The molecule has 0 saturated carbocycles. The summed E-state index contributed by atoms with van der Waals surface area (Å²) in [5.41, 5.74) is 1.44. The minimum Gasteiger partial charge on any atom is -0.234 e. The maximum atomic E-state index is 4.73. The van der Waals surface area contributed by atoms with E-state index in [0.717, 1.165) is 6.54 Å². The molecule has 2 aromatic rings. The molecule has 1 aromatic carbocycles. The summed E-state index contributed by atoms with van der Waals surface area (Å²) in [5, 5.41) is 8.33. The molecule has 1 aliphatic rings. The number of rotatable bonds is 1. The van der Waals surface area contributed by atoms with Gasteiger partial charge in [0.15, 0.2) is 0 Å². The molecule has 0 spiro atoms. The summed E-state index contributed by atoms with van der Waals surface area (Å²) in [7, 11) is 0. The summed E-state index contributed by atoms with van der Waals surface area (Å²) in [5.74, 6) is 0. The molecular formula is C13H14NS. The van der Waals surface area contributed by atoms with Gasteiger partial charge in [0.2, 0.25) is 0 Å². The fourth-order valence-corrected chi connectivity index (χ4v) is 3.17. The van der Waals surface area contributed by atoms with Crippen LogP contribution < -0.4 is 5.32 Å². The highest BCUT2D eigenvalue weighted by atomic mass is 32.1. The second-order valence-corrected chi connectivity index (χ2v) is 5.05. The topological polar surface area (TPSA) is 14.1 Å². The molecule has 1 unspecified atom stereocenters. The zero-order chi connectivity index (χ0) is 10.1. The fraction of sp³-hybridized carbons (Fsp3) is 0.385. The lowest BCUT2D eigenvalue weighted by Crippen LogP contribution is -2.20. The Morgan fingerprint density at radius 3 is 3.07 bits per heavy atom. The maximum Gasteiger partial charge on any atom is 0.0502 e. The van der Waals surface area contributed by atoms with Gasteiger partial charge in [-0.3, -0.25) is 0 Å². The minimum absolute atomic E-state index is 0.456. The van der Waals surface area contributed by atoms with E-state index < -0.39 is 0 Å².